The van der Waals surface area contributed by atoms with Gasteiger partial charge in [-0.05, 0) is 35.2 Å². The number of anilines is 3. The number of amides is 2. The van der Waals surface area contributed by atoms with Crippen LogP contribution in [0.2, 0.25) is 0 Å². The number of urea groups is 1. The highest BCUT2D eigenvalue weighted by molar-refractivity contribution is 5.89. The number of hydrogen-bond donors (Lipinski definition) is 5. The van der Waals surface area contributed by atoms with E-state index in [9.17, 15) is 15.0 Å². The first kappa shape index (κ1) is 35.8. The first-order valence-corrected chi connectivity index (χ1v) is 18.4. The number of aromatic nitrogens is 9. The molecule has 8 rings (SSSR count). The molecule has 5 N–H and O–H groups in total. The highest BCUT2D eigenvalue weighted by atomic mass is 16.5. The van der Waals surface area contributed by atoms with E-state index in [0.29, 0.717) is 79.2 Å². The lowest BCUT2D eigenvalue weighted by Gasteiger charge is -2.22. The first-order valence-electron chi connectivity index (χ1n) is 18.4. The van der Waals surface area contributed by atoms with Crippen molar-refractivity contribution in [2.75, 3.05) is 42.3 Å². The second-order valence-electron chi connectivity index (χ2n) is 13.8. The van der Waals surface area contributed by atoms with Gasteiger partial charge in [0.15, 0.2) is 22.8 Å². The number of methoxy groups -OCH3 is 1. The highest BCUT2D eigenvalue weighted by Crippen LogP contribution is 2.40. The first-order chi connectivity index (χ1) is 26.9. The summed E-state index contributed by atoms with van der Waals surface area (Å²) in [6.07, 6.45) is 2.49. The molecule has 17 heteroatoms. The number of aliphatic hydroxyl groups is 2. The number of fused-ring (bicyclic) bond motifs is 1. The van der Waals surface area contributed by atoms with Gasteiger partial charge in [-0.15, -0.1) is 10.2 Å². The van der Waals surface area contributed by atoms with E-state index in [1.54, 1.807) is 18.5 Å². The molecule has 1 saturated carbocycles. The van der Waals surface area contributed by atoms with Crippen LogP contribution in [-0.2, 0) is 6.42 Å². The number of tetrazole rings is 1. The molecule has 0 bridgehead atoms. The molecule has 1 unspecified atom stereocenters. The van der Waals surface area contributed by atoms with Crippen molar-refractivity contribution in [1.29, 1.82) is 0 Å². The molecule has 2 aliphatic rings. The topological polar surface area (TPSA) is 206 Å². The fourth-order valence-electron chi connectivity index (χ4n) is 7.43. The predicted octanol–water partition coefficient (Wildman–Crippen LogP) is 3.33. The van der Waals surface area contributed by atoms with Gasteiger partial charge in [-0.2, -0.15) is 14.8 Å². The predicted molar refractivity (Wildman–Crippen MR) is 204 cm³/mol. The van der Waals surface area contributed by atoms with Crippen molar-refractivity contribution in [2.45, 2.75) is 62.4 Å². The van der Waals surface area contributed by atoms with Crippen LogP contribution in [0, 0.1) is 0 Å². The number of nitrogens with one attached hydrogen (secondary N) is 3. The fourth-order valence-corrected chi connectivity index (χ4v) is 7.43. The Hall–Kier alpha value is -6.20. The van der Waals surface area contributed by atoms with Crippen LogP contribution in [0.1, 0.15) is 54.7 Å². The molecule has 1 saturated heterocycles. The molecule has 0 spiro atoms. The molecule has 1 aliphatic carbocycles. The smallest absolute Gasteiger partial charge is 0.319 e. The third-order valence-corrected chi connectivity index (χ3v) is 10.4. The average molecular weight is 746 g/mol. The van der Waals surface area contributed by atoms with Crippen LogP contribution < -0.4 is 25.6 Å². The summed E-state index contributed by atoms with van der Waals surface area (Å²) in [5, 5.41) is 44.7. The molecule has 17 nitrogen and oxygen atoms in total. The summed E-state index contributed by atoms with van der Waals surface area (Å²) in [5.41, 5.74) is 3.87. The van der Waals surface area contributed by atoms with E-state index in [-0.39, 0.29) is 18.0 Å². The zero-order chi connectivity index (χ0) is 37.9. The Morgan fingerprint density at radius 2 is 1.71 bits per heavy atom. The van der Waals surface area contributed by atoms with Crippen LogP contribution in [0.4, 0.5) is 22.2 Å². The minimum atomic E-state index is -1.14. The summed E-state index contributed by atoms with van der Waals surface area (Å²) in [5.74, 6) is 2.01. The number of imidazole rings is 1. The Morgan fingerprint density at radius 1 is 0.964 bits per heavy atom. The van der Waals surface area contributed by atoms with Crippen molar-refractivity contribution in [1.82, 2.24) is 50.0 Å². The van der Waals surface area contributed by atoms with E-state index < -0.39 is 24.3 Å². The molecule has 5 atom stereocenters. The molecule has 4 aromatic heterocycles. The second-order valence-corrected chi connectivity index (χ2v) is 13.8. The van der Waals surface area contributed by atoms with Gasteiger partial charge in [0.1, 0.15) is 18.2 Å². The van der Waals surface area contributed by atoms with Crippen molar-refractivity contribution in [2.24, 2.45) is 0 Å². The fraction of sp³-hybridized carbons (Fsp3) is 0.368. The van der Waals surface area contributed by atoms with Gasteiger partial charge < -0.3 is 40.4 Å². The molecule has 2 amide bonds. The van der Waals surface area contributed by atoms with Gasteiger partial charge in [-0.3, -0.25) is 0 Å². The lowest BCUT2D eigenvalue weighted by molar-refractivity contribution is 0.00473. The lowest BCUT2D eigenvalue weighted by atomic mass is 9.91. The number of nitrogens with zero attached hydrogens (tertiary/aromatic N) is 10. The van der Waals surface area contributed by atoms with Crippen molar-refractivity contribution >= 4 is 34.6 Å². The molecule has 55 heavy (non-hydrogen) atoms. The largest absolute Gasteiger partial charge is 0.481 e. The van der Waals surface area contributed by atoms with Crippen LogP contribution >= 0.6 is 0 Å². The minimum Gasteiger partial charge on any atom is -0.481 e. The molecule has 2 fully saturated rings. The zero-order valence-corrected chi connectivity index (χ0v) is 30.5. The van der Waals surface area contributed by atoms with E-state index in [4.69, 9.17) is 19.7 Å². The van der Waals surface area contributed by atoms with Crippen molar-refractivity contribution < 1.29 is 19.7 Å². The quantitative estimate of drug-likeness (QED) is 0.122. The summed E-state index contributed by atoms with van der Waals surface area (Å²) < 4.78 is 6.92. The molecule has 0 radical (unpaired) electrons. The van der Waals surface area contributed by atoms with Gasteiger partial charge in [0.25, 0.3) is 0 Å². The van der Waals surface area contributed by atoms with Crippen LogP contribution in [0.25, 0.3) is 11.2 Å². The Balaban J connectivity index is 1.08. The van der Waals surface area contributed by atoms with Gasteiger partial charge in [-0.1, -0.05) is 67.6 Å². The second kappa shape index (κ2) is 15.6. The monoisotopic (exact) mass is 745 g/mol. The van der Waals surface area contributed by atoms with Gasteiger partial charge in [0.2, 0.25) is 11.8 Å². The standard InChI is InChI=1S/C38H43N13O4/c1-3-30-46-48-51(47-30)29-18-28(33(52)34(29)53)50-22-41-32-35(40-20-27(23-10-6-4-7-11-23)24-12-8-5-9-13-24)44-37(45-36(32)50)49-17-16-26(21-49)43-38(54)42-25-14-15-31(55-2)39-19-25/h4-15,19,22,26-29,33-34,52-53H,3,16-18,20-21H2,1-2H3,(H,40,44,45)(H2,42,43,54)/t26?,28-,29+,33+,34-/m1/s1. The van der Waals surface area contributed by atoms with E-state index in [0.717, 1.165) is 11.1 Å². The number of rotatable bonds is 12. The van der Waals surface area contributed by atoms with E-state index in [2.05, 4.69) is 60.6 Å². The molecule has 6 aromatic rings. The number of carbonyl (C=O) groups is 1. The normalized spacial score (nSPS) is 21.0. The third kappa shape index (κ3) is 7.48. The summed E-state index contributed by atoms with van der Waals surface area (Å²) >= 11 is 0. The molecule has 1 aliphatic heterocycles. The van der Waals surface area contributed by atoms with Crippen LogP contribution in [0.3, 0.4) is 0 Å². The number of pyridine rings is 1. The molecular formula is C38H43N13O4. The maximum atomic E-state index is 12.9. The molecule has 284 valence electrons. The Morgan fingerprint density at radius 3 is 2.38 bits per heavy atom. The number of carbonyl (C=O) groups excluding carboxylic acids is 1. The van der Waals surface area contributed by atoms with Crippen molar-refractivity contribution in [3.05, 3.63) is 102 Å². The van der Waals surface area contributed by atoms with Gasteiger partial charge in [0, 0.05) is 44.1 Å². The number of hydrogen-bond acceptors (Lipinski definition) is 13. The minimum absolute atomic E-state index is 0.00786. The van der Waals surface area contributed by atoms with Crippen LogP contribution in [0.5, 0.6) is 5.88 Å². The van der Waals surface area contributed by atoms with E-state index >= 15 is 0 Å². The van der Waals surface area contributed by atoms with E-state index in [1.807, 2.05) is 52.8 Å². The number of aliphatic hydroxyl groups excluding tert-OH is 2. The average Bonchev–Trinajstić information content (AvgIpc) is 4.03. The van der Waals surface area contributed by atoms with Gasteiger partial charge in [-0.25, -0.2) is 14.8 Å². The van der Waals surface area contributed by atoms with Crippen molar-refractivity contribution in [3.63, 3.8) is 0 Å². The highest BCUT2D eigenvalue weighted by Gasteiger charge is 2.45. The van der Waals surface area contributed by atoms with Crippen molar-refractivity contribution in [3.8, 4) is 5.88 Å². The van der Waals surface area contributed by atoms with Crippen LogP contribution in [0.15, 0.2) is 85.3 Å². The molecule has 5 heterocycles. The van der Waals surface area contributed by atoms with E-state index in [1.165, 1.54) is 18.1 Å². The Bertz CT molecular complexity index is 2180. The summed E-state index contributed by atoms with van der Waals surface area (Å²) in [6, 6.07) is 22.3. The maximum absolute atomic E-state index is 12.9. The molecular weight excluding hydrogens is 703 g/mol. The summed E-state index contributed by atoms with van der Waals surface area (Å²) in [7, 11) is 1.53. The van der Waals surface area contributed by atoms with Crippen LogP contribution in [-0.4, -0.2) is 106 Å². The number of ether oxygens (including phenoxy) is 1. The summed E-state index contributed by atoms with van der Waals surface area (Å²) in [6.45, 7) is 3.51. The van der Waals surface area contributed by atoms with Gasteiger partial charge in [0.05, 0.1) is 31.4 Å². The Kier molecular flexibility index (Phi) is 10.2. The third-order valence-electron chi connectivity index (χ3n) is 10.4. The SMILES string of the molecule is CCc1nnn([C@H]2C[C@@H](n3cnc4c(NCC(c5ccccc5)c5ccccc5)nc(N5CCC(NC(=O)Nc6ccc(OC)nc6)C5)nc43)[C@H](O)[C@@H]2O)n1. The van der Waals surface area contributed by atoms with Gasteiger partial charge >= 0.3 is 6.03 Å². The molecule has 2 aromatic carbocycles. The lowest BCUT2D eigenvalue weighted by Crippen LogP contribution is -2.40. The maximum Gasteiger partial charge on any atom is 0.319 e. The number of benzene rings is 2. The summed E-state index contributed by atoms with van der Waals surface area (Å²) in [4.78, 5) is 35.3. The zero-order valence-electron chi connectivity index (χ0n) is 30.5. The Labute approximate surface area is 316 Å². The number of aryl methyl sites for hydroxylation is 1.